The summed E-state index contributed by atoms with van der Waals surface area (Å²) in [6.45, 7) is 8.62. The zero-order chi connectivity index (χ0) is 14.5. The van der Waals surface area contributed by atoms with E-state index in [1.807, 2.05) is 45.9 Å². The van der Waals surface area contributed by atoms with Crippen molar-refractivity contribution in [3.8, 4) is 23.8 Å². The molecule has 1 aromatic carbocycles. The van der Waals surface area contributed by atoms with Crippen molar-refractivity contribution in [2.45, 2.75) is 45.9 Å². The van der Waals surface area contributed by atoms with E-state index in [1.165, 1.54) is 0 Å². The first-order valence-electron chi connectivity index (χ1n) is 6.44. The Kier molecular flexibility index (Phi) is 5.26. The fraction of sp³-hybridized carbons (Fsp3) is 0.500. The highest BCUT2D eigenvalue weighted by atomic mass is 16.5. The van der Waals surface area contributed by atoms with Gasteiger partial charge in [-0.1, -0.05) is 12.0 Å². The van der Waals surface area contributed by atoms with Crippen LogP contribution in [-0.4, -0.2) is 18.8 Å². The molecule has 104 valence electrons. The molecule has 0 amide bonds. The monoisotopic (exact) mass is 261 g/mol. The third-order valence-corrected chi connectivity index (χ3v) is 2.69. The minimum absolute atomic E-state index is 0.123. The second-order valence-electron chi connectivity index (χ2n) is 5.27. The summed E-state index contributed by atoms with van der Waals surface area (Å²) in [5.74, 6) is 4.21. The van der Waals surface area contributed by atoms with Crippen LogP contribution in [0.25, 0.3) is 0 Å². The normalized spacial score (nSPS) is 11.2. The van der Waals surface area contributed by atoms with Crippen molar-refractivity contribution < 1.29 is 9.47 Å². The molecule has 1 rings (SSSR count). The van der Waals surface area contributed by atoms with Crippen LogP contribution in [0.2, 0.25) is 0 Å². The van der Waals surface area contributed by atoms with Gasteiger partial charge in [0.1, 0.15) is 0 Å². The van der Waals surface area contributed by atoms with Crippen LogP contribution in [0.5, 0.6) is 11.5 Å². The Morgan fingerprint density at radius 2 is 2.00 bits per heavy atom. The highest BCUT2D eigenvalue weighted by Gasteiger charge is 2.13. The Labute approximate surface area is 116 Å². The molecule has 1 N–H and O–H groups in total. The Bertz CT molecular complexity index is 458. The molecule has 1 aromatic rings. The lowest BCUT2D eigenvalue weighted by molar-refractivity contribution is 0.230. The fourth-order valence-electron chi connectivity index (χ4n) is 1.55. The number of terminal acetylenes is 1. The standard InChI is InChI=1S/C16H23NO2/c1-7-16(4,5)17-11-13-8-9-14(19-12(2)3)15(10-13)18-6/h1,8-10,12,17H,11H2,2-6H3. The topological polar surface area (TPSA) is 30.5 Å². The minimum Gasteiger partial charge on any atom is -0.493 e. The Balaban J connectivity index is 2.80. The van der Waals surface area contributed by atoms with Crippen LogP contribution in [0.1, 0.15) is 33.3 Å². The first kappa shape index (κ1) is 15.4. The lowest BCUT2D eigenvalue weighted by Gasteiger charge is -2.20. The zero-order valence-electron chi connectivity index (χ0n) is 12.4. The summed E-state index contributed by atoms with van der Waals surface area (Å²) in [6, 6.07) is 5.91. The van der Waals surface area contributed by atoms with E-state index in [-0.39, 0.29) is 11.6 Å². The summed E-state index contributed by atoms with van der Waals surface area (Å²) in [4.78, 5) is 0. The third-order valence-electron chi connectivity index (χ3n) is 2.69. The van der Waals surface area contributed by atoms with Gasteiger partial charge in [-0.2, -0.15) is 0 Å². The number of hydrogen-bond donors (Lipinski definition) is 1. The van der Waals surface area contributed by atoms with E-state index in [4.69, 9.17) is 15.9 Å². The number of hydrogen-bond acceptors (Lipinski definition) is 3. The highest BCUT2D eigenvalue weighted by Crippen LogP contribution is 2.29. The molecule has 0 saturated carbocycles. The van der Waals surface area contributed by atoms with Gasteiger partial charge in [0.15, 0.2) is 11.5 Å². The SMILES string of the molecule is C#CC(C)(C)NCc1ccc(OC(C)C)c(OC)c1. The summed E-state index contributed by atoms with van der Waals surface area (Å²) in [5, 5.41) is 3.30. The lowest BCUT2D eigenvalue weighted by Crippen LogP contribution is -2.36. The van der Waals surface area contributed by atoms with Crippen molar-refractivity contribution in [1.29, 1.82) is 0 Å². The second kappa shape index (κ2) is 6.49. The van der Waals surface area contributed by atoms with Crippen LogP contribution in [0.3, 0.4) is 0 Å². The maximum absolute atomic E-state index is 5.68. The van der Waals surface area contributed by atoms with E-state index < -0.39 is 0 Å². The van der Waals surface area contributed by atoms with Gasteiger partial charge in [0.2, 0.25) is 0 Å². The Morgan fingerprint density at radius 3 is 2.53 bits per heavy atom. The average molecular weight is 261 g/mol. The molecular formula is C16H23NO2. The number of rotatable bonds is 6. The lowest BCUT2D eigenvalue weighted by atomic mass is 10.1. The predicted octanol–water partition coefficient (Wildman–Crippen LogP) is 2.98. The molecule has 0 fully saturated rings. The molecule has 3 heteroatoms. The second-order valence-corrected chi connectivity index (χ2v) is 5.27. The molecule has 0 aliphatic rings. The largest absolute Gasteiger partial charge is 0.493 e. The van der Waals surface area contributed by atoms with Gasteiger partial charge in [-0.3, -0.25) is 5.32 Å². The Hall–Kier alpha value is -1.66. The van der Waals surface area contributed by atoms with Crippen LogP contribution >= 0.6 is 0 Å². The third kappa shape index (κ3) is 4.84. The molecule has 0 spiro atoms. The van der Waals surface area contributed by atoms with Crippen LogP contribution in [0.15, 0.2) is 18.2 Å². The summed E-state index contributed by atoms with van der Waals surface area (Å²) >= 11 is 0. The van der Waals surface area contributed by atoms with Crippen molar-refractivity contribution in [2.24, 2.45) is 0 Å². The molecule has 0 atom stereocenters. The molecule has 0 aliphatic heterocycles. The van der Waals surface area contributed by atoms with Crippen molar-refractivity contribution >= 4 is 0 Å². The van der Waals surface area contributed by atoms with Crippen molar-refractivity contribution in [3.63, 3.8) is 0 Å². The maximum atomic E-state index is 5.68. The smallest absolute Gasteiger partial charge is 0.161 e. The van der Waals surface area contributed by atoms with Gasteiger partial charge in [-0.15, -0.1) is 6.42 Å². The molecule has 0 bridgehead atoms. The molecule has 0 radical (unpaired) electrons. The van der Waals surface area contributed by atoms with Gasteiger partial charge in [0.05, 0.1) is 18.8 Å². The quantitative estimate of drug-likeness (QED) is 0.799. The number of nitrogens with one attached hydrogen (secondary N) is 1. The van der Waals surface area contributed by atoms with Crippen molar-refractivity contribution in [3.05, 3.63) is 23.8 Å². The average Bonchev–Trinajstić information content (AvgIpc) is 2.37. The molecule has 0 unspecified atom stereocenters. The van der Waals surface area contributed by atoms with Gasteiger partial charge in [-0.25, -0.2) is 0 Å². The molecular weight excluding hydrogens is 238 g/mol. The molecule has 0 aliphatic carbocycles. The van der Waals surface area contributed by atoms with Gasteiger partial charge in [0.25, 0.3) is 0 Å². The summed E-state index contributed by atoms with van der Waals surface area (Å²) in [6.07, 6.45) is 5.57. The van der Waals surface area contributed by atoms with Gasteiger partial charge < -0.3 is 9.47 Å². The van der Waals surface area contributed by atoms with Gasteiger partial charge in [-0.05, 0) is 45.4 Å². The molecule has 3 nitrogen and oxygen atoms in total. The molecule has 0 heterocycles. The number of benzene rings is 1. The van der Waals surface area contributed by atoms with E-state index in [0.717, 1.165) is 17.1 Å². The predicted molar refractivity (Wildman–Crippen MR) is 78.5 cm³/mol. The molecule has 0 aromatic heterocycles. The summed E-state index contributed by atoms with van der Waals surface area (Å²) in [7, 11) is 1.64. The number of methoxy groups -OCH3 is 1. The number of ether oxygens (including phenoxy) is 2. The first-order valence-corrected chi connectivity index (χ1v) is 6.44. The minimum atomic E-state index is -0.319. The summed E-state index contributed by atoms with van der Waals surface area (Å²) < 4.78 is 11.0. The van der Waals surface area contributed by atoms with E-state index in [0.29, 0.717) is 6.54 Å². The highest BCUT2D eigenvalue weighted by molar-refractivity contribution is 5.43. The van der Waals surface area contributed by atoms with Crippen LogP contribution in [0, 0.1) is 12.3 Å². The molecule has 0 saturated heterocycles. The van der Waals surface area contributed by atoms with Crippen LogP contribution in [-0.2, 0) is 6.54 Å². The fourth-order valence-corrected chi connectivity index (χ4v) is 1.55. The van der Waals surface area contributed by atoms with E-state index in [1.54, 1.807) is 7.11 Å². The zero-order valence-corrected chi connectivity index (χ0v) is 12.4. The van der Waals surface area contributed by atoms with E-state index >= 15 is 0 Å². The summed E-state index contributed by atoms with van der Waals surface area (Å²) in [5.41, 5.74) is 0.789. The van der Waals surface area contributed by atoms with Gasteiger partial charge >= 0.3 is 0 Å². The van der Waals surface area contributed by atoms with E-state index in [2.05, 4.69) is 11.2 Å². The van der Waals surface area contributed by atoms with E-state index in [9.17, 15) is 0 Å². The van der Waals surface area contributed by atoms with Crippen molar-refractivity contribution in [1.82, 2.24) is 5.32 Å². The van der Waals surface area contributed by atoms with Crippen LogP contribution in [0.4, 0.5) is 0 Å². The Morgan fingerprint density at radius 1 is 1.32 bits per heavy atom. The van der Waals surface area contributed by atoms with Gasteiger partial charge in [0, 0.05) is 6.54 Å². The van der Waals surface area contributed by atoms with Crippen LogP contribution < -0.4 is 14.8 Å². The molecule has 19 heavy (non-hydrogen) atoms. The van der Waals surface area contributed by atoms with Crippen molar-refractivity contribution in [2.75, 3.05) is 7.11 Å². The first-order chi connectivity index (χ1) is 8.88. The maximum Gasteiger partial charge on any atom is 0.161 e.